The molecule has 0 N–H and O–H groups in total. The fourth-order valence-electron chi connectivity index (χ4n) is 10.5. The number of hydrogen-bond donors (Lipinski definition) is 0. The van der Waals surface area contributed by atoms with Gasteiger partial charge in [-0.25, -0.2) is 0 Å². The number of ether oxygens (including phenoxy) is 1. The first-order chi connectivity index (χ1) is 22.8. The second-order valence-corrected chi connectivity index (χ2v) is 17.0. The minimum absolute atomic E-state index is 0.139. The summed E-state index contributed by atoms with van der Waals surface area (Å²) in [6.07, 6.45) is 4.58. The Balaban J connectivity index is 1.32. The number of fused-ring (bicyclic) bond motifs is 10. The summed E-state index contributed by atoms with van der Waals surface area (Å²) in [5, 5.41) is 6.07. The summed E-state index contributed by atoms with van der Waals surface area (Å²) >= 11 is 0. The summed E-state index contributed by atoms with van der Waals surface area (Å²) in [7, 11) is -2.71. The van der Waals surface area contributed by atoms with Gasteiger partial charge in [0.1, 0.15) is 5.56 Å². The van der Waals surface area contributed by atoms with Gasteiger partial charge >= 0.3 is 12.4 Å². The van der Waals surface area contributed by atoms with Crippen LogP contribution in [0.25, 0.3) is 33.5 Å². The molecule has 4 nitrogen and oxygen atoms in total. The number of quaternary nitrogens is 1. The Morgan fingerprint density at radius 1 is 0.478 bits per heavy atom. The van der Waals surface area contributed by atoms with Crippen molar-refractivity contribution < 1.29 is 14.1 Å². The Kier molecular flexibility index (Phi) is 3.54. The number of pyridine rings is 2. The predicted octanol–water partition coefficient (Wildman–Crippen LogP) is 2.39. The number of benzene rings is 5. The second-order valence-electron chi connectivity index (χ2n) is 13.4. The number of hydrogen-bond acceptors (Lipinski definition) is 1. The molecule has 5 aromatic carbocycles. The van der Waals surface area contributed by atoms with Crippen LogP contribution in [0.2, 0.25) is 0 Å². The van der Waals surface area contributed by atoms with Crippen LogP contribution < -0.4 is 56.1 Å². The Morgan fingerprint density at radius 3 is 2.00 bits per heavy atom. The first kappa shape index (κ1) is 22.9. The smallest absolute Gasteiger partial charge is 0.342 e. The summed E-state index contributed by atoms with van der Waals surface area (Å²) in [5.74, 6) is 1.88. The van der Waals surface area contributed by atoms with Crippen LogP contribution in [0.1, 0.15) is 0 Å². The lowest BCUT2D eigenvalue weighted by Gasteiger charge is -2.42. The number of aromatic nitrogens is 2. The van der Waals surface area contributed by atoms with Crippen LogP contribution in [0.4, 0.5) is 11.4 Å². The molecule has 0 radical (unpaired) electrons. The molecule has 1 atom stereocenters. The number of rotatable bonds is 0. The molecular weight excluding hydrogens is 577 g/mol. The van der Waals surface area contributed by atoms with Crippen LogP contribution in [-0.4, -0.2) is 14.8 Å². The van der Waals surface area contributed by atoms with E-state index in [-0.39, 0.29) is 6.71 Å². The van der Waals surface area contributed by atoms with E-state index in [1.165, 1.54) is 77.0 Å². The molecule has 2 spiro atoms. The highest BCUT2D eigenvalue weighted by Crippen LogP contribution is 2.56. The average molecular weight is 601 g/mol. The maximum Gasteiger partial charge on any atom is 0.342 e. The Bertz CT molecular complexity index is 2610. The molecule has 6 aliphatic heterocycles. The standard InChI is InChI=1S/C40H23BN3OSi/c1-3-17-32-24(10-1)25-11-2-4-18-33(25)46(32)34-19-8-12-26-27-14-9-23-43-40(27)41(36(26)34)37-35(46)21-20-31-39(37)44(43)38-28(13-7-16-30(38)45-31)29-15-5-6-22-42(29)44/h1-23H/q+3. The Morgan fingerprint density at radius 2 is 1.13 bits per heavy atom. The van der Waals surface area contributed by atoms with Crippen molar-refractivity contribution in [2.75, 3.05) is 0 Å². The molecule has 1 unspecified atom stereocenters. The lowest BCUT2D eigenvalue weighted by molar-refractivity contribution is -1.03. The van der Waals surface area contributed by atoms with Gasteiger partial charge in [-0.1, -0.05) is 84.3 Å². The first-order valence-corrected chi connectivity index (χ1v) is 18.1. The molecule has 6 aliphatic rings. The van der Waals surface area contributed by atoms with E-state index in [1.54, 1.807) is 5.19 Å². The van der Waals surface area contributed by atoms with Crippen LogP contribution >= 0.6 is 0 Å². The second kappa shape index (κ2) is 7.13. The Labute approximate surface area is 266 Å². The fourth-order valence-corrected chi connectivity index (χ4v) is 16.2. The molecular formula is C40H23BN3OSi+3. The van der Waals surface area contributed by atoms with Gasteiger partial charge < -0.3 is 4.74 Å². The van der Waals surface area contributed by atoms with E-state index < -0.39 is 8.07 Å². The summed E-state index contributed by atoms with van der Waals surface area (Å²) in [6.45, 7) is 0.139. The molecule has 8 heterocycles. The van der Waals surface area contributed by atoms with E-state index in [0.29, 0.717) is 4.70 Å². The maximum absolute atomic E-state index is 6.99. The van der Waals surface area contributed by atoms with Gasteiger partial charge in [0.05, 0.1) is 4.68 Å². The van der Waals surface area contributed by atoms with Crippen molar-refractivity contribution in [2.45, 2.75) is 0 Å². The van der Waals surface area contributed by atoms with E-state index in [0.717, 1.165) is 11.5 Å². The van der Waals surface area contributed by atoms with Crippen molar-refractivity contribution in [3.63, 3.8) is 0 Å². The van der Waals surface area contributed by atoms with Crippen LogP contribution in [-0.2, 0) is 0 Å². The minimum Gasteiger partial charge on any atom is -0.444 e. The van der Waals surface area contributed by atoms with Crippen molar-refractivity contribution in [3.05, 3.63) is 140 Å². The van der Waals surface area contributed by atoms with Crippen LogP contribution in [0.3, 0.4) is 0 Å². The van der Waals surface area contributed by atoms with Gasteiger partial charge in [-0.3, -0.25) is 0 Å². The monoisotopic (exact) mass is 600 g/mol. The molecule has 0 saturated heterocycles. The molecule has 0 bridgehead atoms. The third kappa shape index (κ3) is 2.04. The molecule has 0 fully saturated rings. The molecule has 0 aliphatic carbocycles. The van der Waals surface area contributed by atoms with Gasteiger partial charge in [0.25, 0.3) is 11.4 Å². The first-order valence-electron chi connectivity index (χ1n) is 16.1. The largest absolute Gasteiger partial charge is 0.444 e. The maximum atomic E-state index is 6.99. The van der Waals surface area contributed by atoms with Gasteiger partial charge in [-0.15, -0.1) is 0 Å². The summed E-state index contributed by atoms with van der Waals surface area (Å²) in [4.78, 5) is 0. The van der Waals surface area contributed by atoms with E-state index in [1.807, 2.05) is 0 Å². The van der Waals surface area contributed by atoms with Gasteiger partial charge in [0, 0.05) is 33.9 Å². The summed E-state index contributed by atoms with van der Waals surface area (Å²) in [6, 6.07) is 48.2. The average Bonchev–Trinajstić information content (AvgIpc) is 3.72. The normalized spacial score (nSPS) is 18.8. The van der Waals surface area contributed by atoms with Crippen molar-refractivity contribution in [2.24, 2.45) is 0 Å². The van der Waals surface area contributed by atoms with Gasteiger partial charge in [0.2, 0.25) is 29.5 Å². The zero-order valence-corrected chi connectivity index (χ0v) is 25.6. The van der Waals surface area contributed by atoms with E-state index in [2.05, 4.69) is 149 Å². The fraction of sp³-hybridized carbons (Fsp3) is 0. The predicted molar refractivity (Wildman–Crippen MR) is 184 cm³/mol. The highest BCUT2D eigenvalue weighted by atomic mass is 28.3. The van der Waals surface area contributed by atoms with Crippen LogP contribution in [0.15, 0.2) is 140 Å². The highest BCUT2D eigenvalue weighted by Gasteiger charge is 2.75. The van der Waals surface area contributed by atoms with Crippen molar-refractivity contribution in [3.8, 4) is 45.0 Å². The van der Waals surface area contributed by atoms with Crippen molar-refractivity contribution in [1.29, 1.82) is 0 Å². The Hall–Kier alpha value is -5.56. The topological polar surface area (TPSA) is 17.0 Å². The van der Waals surface area contributed by atoms with E-state index in [9.17, 15) is 0 Å². The highest BCUT2D eigenvalue weighted by molar-refractivity contribution is 7.28. The van der Waals surface area contributed by atoms with Gasteiger partial charge in [-0.2, -0.15) is 0 Å². The van der Waals surface area contributed by atoms with E-state index in [4.69, 9.17) is 4.74 Å². The van der Waals surface area contributed by atoms with Gasteiger partial charge in [-0.05, 0) is 67.8 Å². The molecule has 13 rings (SSSR count). The molecule has 46 heavy (non-hydrogen) atoms. The minimum atomic E-state index is -2.71. The third-order valence-electron chi connectivity index (χ3n) is 11.8. The quantitative estimate of drug-likeness (QED) is 0.149. The van der Waals surface area contributed by atoms with Crippen LogP contribution in [0, 0.1) is 0 Å². The molecule has 2 aromatic heterocycles. The summed E-state index contributed by atoms with van der Waals surface area (Å²) in [5.41, 5.74) is 14.7. The van der Waals surface area contributed by atoms with Crippen LogP contribution in [0.5, 0.6) is 11.5 Å². The lowest BCUT2D eigenvalue weighted by atomic mass is 9.39. The van der Waals surface area contributed by atoms with E-state index >= 15 is 0 Å². The SMILES string of the molecule is c1ccc2c(c1)-c1ccccc1[Si]21c2cccc3c2B2c4c1ccc1c4[N+]4(c5c(cccc5-c5cccc[n+]54)O1)[n+]1cccc-3c12. The molecule has 6 heteroatoms. The third-order valence-corrected chi connectivity index (χ3v) is 16.8. The lowest BCUT2D eigenvalue weighted by Crippen LogP contribution is -2.96. The zero-order valence-electron chi connectivity index (χ0n) is 24.6. The number of para-hydroxylation sites is 1. The summed E-state index contributed by atoms with van der Waals surface area (Å²) < 4.78 is 12.5. The number of nitrogens with zero attached hydrogens (tertiary/aromatic N) is 3. The molecule has 0 amide bonds. The zero-order chi connectivity index (χ0) is 29.5. The molecule has 0 saturated carbocycles. The molecule has 208 valence electrons. The van der Waals surface area contributed by atoms with Gasteiger partial charge in [0.15, 0.2) is 12.8 Å². The molecule has 7 aromatic rings. The van der Waals surface area contributed by atoms with Crippen molar-refractivity contribution >= 4 is 63.4 Å². The van der Waals surface area contributed by atoms with Crippen molar-refractivity contribution in [1.82, 2.24) is 4.70 Å².